The summed E-state index contributed by atoms with van der Waals surface area (Å²) in [4.78, 5) is 24.8. The topological polar surface area (TPSA) is 52.6 Å². The Morgan fingerprint density at radius 3 is 2.35 bits per heavy atom. The van der Waals surface area contributed by atoms with Gasteiger partial charge in [0, 0.05) is 5.92 Å². The van der Waals surface area contributed by atoms with Gasteiger partial charge in [0.25, 0.3) is 0 Å². The Bertz CT molecular complexity index is 497. The molecule has 0 saturated heterocycles. The van der Waals surface area contributed by atoms with Gasteiger partial charge in [0.2, 0.25) is 0 Å². The molecule has 0 bridgehead atoms. The molecule has 0 aromatic carbocycles. The molecule has 0 heterocycles. The van der Waals surface area contributed by atoms with E-state index >= 15 is 0 Å². The van der Waals surface area contributed by atoms with E-state index in [0.29, 0.717) is 0 Å². The van der Waals surface area contributed by atoms with Crippen molar-refractivity contribution in [1.29, 1.82) is 0 Å². The predicted octanol–water partition coefficient (Wildman–Crippen LogP) is 3.75. The molecule has 1 unspecified atom stereocenters. The van der Waals surface area contributed by atoms with E-state index in [9.17, 15) is 9.59 Å². The highest BCUT2D eigenvalue weighted by Gasteiger charge is 2.51. The molecular formula is C19H26O4. The predicted molar refractivity (Wildman–Crippen MR) is 90.7 cm³/mol. The fourth-order valence-corrected chi connectivity index (χ4v) is 2.94. The molecule has 0 aromatic rings. The molecule has 1 atom stereocenters. The normalized spacial score (nSPS) is 16.3. The number of carbonyl (C=O) groups is 2. The zero-order valence-corrected chi connectivity index (χ0v) is 14.0. The maximum Gasteiger partial charge on any atom is 0.324 e. The van der Waals surface area contributed by atoms with Gasteiger partial charge in [-0.3, -0.25) is 9.59 Å². The van der Waals surface area contributed by atoms with E-state index in [2.05, 4.69) is 19.2 Å². The second-order valence-electron chi connectivity index (χ2n) is 5.59. The third kappa shape index (κ3) is 4.21. The van der Waals surface area contributed by atoms with Gasteiger partial charge in [0.05, 0.1) is 14.2 Å². The first-order valence-electron chi connectivity index (χ1n) is 7.84. The first-order valence-corrected chi connectivity index (χ1v) is 7.84. The molecule has 0 aromatic heterocycles. The largest absolute Gasteiger partial charge is 0.468 e. The summed E-state index contributed by atoms with van der Waals surface area (Å²) in [6, 6.07) is 0. The summed E-state index contributed by atoms with van der Waals surface area (Å²) in [5.74, 6) is -1.82. The fraction of sp³-hybridized carbons (Fsp3) is 0.474. The molecule has 23 heavy (non-hydrogen) atoms. The van der Waals surface area contributed by atoms with Crippen LogP contribution >= 0.6 is 0 Å². The van der Waals surface area contributed by atoms with E-state index in [1.807, 2.05) is 12.2 Å². The Kier molecular flexibility index (Phi) is 7.52. The molecule has 4 heteroatoms. The molecule has 0 fully saturated rings. The SMILES string of the molecule is C=CCC(C(=O)OC)(C(=O)OC)C(C=C)C=CC1=CCCCC1. The Labute approximate surface area is 138 Å². The monoisotopic (exact) mass is 318 g/mol. The Morgan fingerprint density at radius 2 is 1.91 bits per heavy atom. The quantitative estimate of drug-likeness (QED) is 0.388. The molecular weight excluding hydrogens is 292 g/mol. The summed E-state index contributed by atoms with van der Waals surface area (Å²) in [6.45, 7) is 7.45. The summed E-state index contributed by atoms with van der Waals surface area (Å²) in [7, 11) is 2.52. The van der Waals surface area contributed by atoms with Crippen molar-refractivity contribution >= 4 is 11.9 Å². The molecule has 126 valence electrons. The zero-order valence-electron chi connectivity index (χ0n) is 14.0. The van der Waals surface area contributed by atoms with E-state index in [4.69, 9.17) is 9.47 Å². The van der Waals surface area contributed by atoms with Gasteiger partial charge in [-0.05, 0) is 32.1 Å². The zero-order chi connectivity index (χ0) is 17.3. The molecule has 1 rings (SSSR count). The number of ether oxygens (including phenoxy) is 2. The number of hydrogen-bond donors (Lipinski definition) is 0. The lowest BCUT2D eigenvalue weighted by Crippen LogP contribution is -2.45. The van der Waals surface area contributed by atoms with Crippen molar-refractivity contribution in [1.82, 2.24) is 0 Å². The van der Waals surface area contributed by atoms with Crippen molar-refractivity contribution < 1.29 is 19.1 Å². The average Bonchev–Trinajstić information content (AvgIpc) is 2.60. The first-order chi connectivity index (χ1) is 11.1. The van der Waals surface area contributed by atoms with Gasteiger partial charge in [-0.1, -0.05) is 36.0 Å². The number of methoxy groups -OCH3 is 2. The van der Waals surface area contributed by atoms with Gasteiger partial charge in [-0.25, -0.2) is 0 Å². The number of allylic oxidation sites excluding steroid dienone is 6. The Morgan fingerprint density at radius 1 is 1.26 bits per heavy atom. The number of rotatable bonds is 8. The molecule has 0 amide bonds. The van der Waals surface area contributed by atoms with Crippen LogP contribution in [-0.4, -0.2) is 26.2 Å². The molecule has 1 aliphatic carbocycles. The van der Waals surface area contributed by atoms with Gasteiger partial charge in [0.1, 0.15) is 0 Å². The third-order valence-electron chi connectivity index (χ3n) is 4.23. The summed E-state index contributed by atoms with van der Waals surface area (Å²) in [5.41, 5.74) is -0.274. The van der Waals surface area contributed by atoms with E-state index in [-0.39, 0.29) is 6.42 Å². The summed E-state index contributed by atoms with van der Waals surface area (Å²) < 4.78 is 9.76. The molecule has 0 saturated carbocycles. The van der Waals surface area contributed by atoms with Crippen LogP contribution in [-0.2, 0) is 19.1 Å². The first kappa shape index (κ1) is 18.9. The highest BCUT2D eigenvalue weighted by atomic mass is 16.5. The van der Waals surface area contributed by atoms with Crippen LogP contribution in [0.5, 0.6) is 0 Å². The van der Waals surface area contributed by atoms with Crippen LogP contribution in [0.4, 0.5) is 0 Å². The highest BCUT2D eigenvalue weighted by Crippen LogP contribution is 2.37. The van der Waals surface area contributed by atoms with E-state index in [1.165, 1.54) is 32.3 Å². The second kappa shape index (κ2) is 9.13. The standard InChI is InChI=1S/C19H26O4/c1-5-14-19(17(20)22-3,18(21)23-4)16(6-2)13-12-15-10-8-7-9-11-15/h5-6,10,12-13,16H,1-2,7-9,11,14H2,3-4H3. The molecule has 0 aliphatic heterocycles. The maximum absolute atomic E-state index is 12.4. The van der Waals surface area contributed by atoms with E-state index < -0.39 is 23.3 Å². The minimum Gasteiger partial charge on any atom is -0.468 e. The lowest BCUT2D eigenvalue weighted by Gasteiger charge is -2.31. The smallest absolute Gasteiger partial charge is 0.324 e. The van der Waals surface area contributed by atoms with Crippen LogP contribution in [0.2, 0.25) is 0 Å². The number of carbonyl (C=O) groups excluding carboxylic acids is 2. The van der Waals surface area contributed by atoms with Crippen LogP contribution in [0.3, 0.4) is 0 Å². The second-order valence-corrected chi connectivity index (χ2v) is 5.59. The van der Waals surface area contributed by atoms with Gasteiger partial charge in [0.15, 0.2) is 5.41 Å². The van der Waals surface area contributed by atoms with Crippen LogP contribution < -0.4 is 0 Å². The van der Waals surface area contributed by atoms with Crippen LogP contribution in [0.15, 0.2) is 49.1 Å². The summed E-state index contributed by atoms with van der Waals surface area (Å²) >= 11 is 0. The minimum atomic E-state index is -1.49. The summed E-state index contributed by atoms with van der Waals surface area (Å²) in [5, 5.41) is 0. The molecule has 0 N–H and O–H groups in total. The highest BCUT2D eigenvalue weighted by molar-refractivity contribution is 6.01. The third-order valence-corrected chi connectivity index (χ3v) is 4.23. The maximum atomic E-state index is 12.4. The molecule has 1 aliphatic rings. The van der Waals surface area contributed by atoms with E-state index in [0.717, 1.165) is 19.3 Å². The van der Waals surface area contributed by atoms with Gasteiger partial charge in [-0.2, -0.15) is 0 Å². The molecule has 4 nitrogen and oxygen atoms in total. The van der Waals surface area contributed by atoms with Crippen LogP contribution in [0.25, 0.3) is 0 Å². The van der Waals surface area contributed by atoms with Crippen molar-refractivity contribution in [3.05, 3.63) is 49.1 Å². The average molecular weight is 318 g/mol. The minimum absolute atomic E-state index is 0.117. The van der Waals surface area contributed by atoms with E-state index in [1.54, 1.807) is 6.08 Å². The van der Waals surface area contributed by atoms with Gasteiger partial charge < -0.3 is 9.47 Å². The van der Waals surface area contributed by atoms with Crippen molar-refractivity contribution in [2.75, 3.05) is 14.2 Å². The van der Waals surface area contributed by atoms with Gasteiger partial charge >= 0.3 is 11.9 Å². The van der Waals surface area contributed by atoms with Gasteiger partial charge in [-0.15, -0.1) is 13.2 Å². The number of hydrogen-bond acceptors (Lipinski definition) is 4. The van der Waals surface area contributed by atoms with Crippen LogP contribution in [0, 0.1) is 11.3 Å². The lowest BCUT2D eigenvalue weighted by atomic mass is 9.72. The van der Waals surface area contributed by atoms with Crippen LogP contribution in [0.1, 0.15) is 32.1 Å². The van der Waals surface area contributed by atoms with Crippen molar-refractivity contribution in [3.8, 4) is 0 Å². The molecule has 0 spiro atoms. The van der Waals surface area contributed by atoms with Crippen molar-refractivity contribution in [3.63, 3.8) is 0 Å². The number of esters is 2. The lowest BCUT2D eigenvalue weighted by molar-refractivity contribution is -0.171. The van der Waals surface area contributed by atoms with Crippen molar-refractivity contribution in [2.24, 2.45) is 11.3 Å². The Balaban J connectivity index is 3.23. The molecule has 0 radical (unpaired) electrons. The fourth-order valence-electron chi connectivity index (χ4n) is 2.94. The van der Waals surface area contributed by atoms with Crippen molar-refractivity contribution in [2.45, 2.75) is 32.1 Å². The Hall–Kier alpha value is -2.10. The summed E-state index contributed by atoms with van der Waals surface area (Å²) in [6.07, 6.45) is 13.6.